The van der Waals surface area contributed by atoms with Crippen molar-refractivity contribution >= 4 is 0 Å². The summed E-state index contributed by atoms with van der Waals surface area (Å²) < 4.78 is 0. The standard InChI is InChI=1S/C11H17N3/c1-8-5-10(8)6-12-7-11-3-4-13-9(2)14-11/h3-4,8,10,12H,5-7H2,1-2H3. The fourth-order valence-electron chi connectivity index (χ4n) is 1.67. The predicted octanol–water partition coefficient (Wildman–Crippen LogP) is 1.53. The molecule has 76 valence electrons. The lowest BCUT2D eigenvalue weighted by Gasteiger charge is -2.03. The summed E-state index contributed by atoms with van der Waals surface area (Å²) >= 11 is 0. The van der Waals surface area contributed by atoms with Gasteiger partial charge in [-0.25, -0.2) is 9.97 Å². The van der Waals surface area contributed by atoms with E-state index >= 15 is 0 Å². The van der Waals surface area contributed by atoms with Gasteiger partial charge in [0.1, 0.15) is 5.82 Å². The summed E-state index contributed by atoms with van der Waals surface area (Å²) in [5.74, 6) is 2.68. The van der Waals surface area contributed by atoms with E-state index in [1.54, 1.807) is 0 Å². The summed E-state index contributed by atoms with van der Waals surface area (Å²) in [7, 11) is 0. The van der Waals surface area contributed by atoms with Gasteiger partial charge < -0.3 is 5.32 Å². The van der Waals surface area contributed by atoms with Gasteiger partial charge in [-0.2, -0.15) is 0 Å². The second-order valence-corrected chi connectivity index (χ2v) is 4.20. The molecule has 3 heteroatoms. The van der Waals surface area contributed by atoms with E-state index in [9.17, 15) is 0 Å². The highest BCUT2D eigenvalue weighted by atomic mass is 14.9. The predicted molar refractivity (Wildman–Crippen MR) is 55.7 cm³/mol. The molecule has 0 aliphatic heterocycles. The molecule has 1 heterocycles. The van der Waals surface area contributed by atoms with Gasteiger partial charge in [0.25, 0.3) is 0 Å². The first-order valence-electron chi connectivity index (χ1n) is 5.25. The molecule has 3 nitrogen and oxygen atoms in total. The molecule has 2 atom stereocenters. The first kappa shape index (κ1) is 9.59. The van der Waals surface area contributed by atoms with Crippen molar-refractivity contribution in [3.05, 3.63) is 23.8 Å². The lowest BCUT2D eigenvalue weighted by molar-refractivity contribution is 0.603. The Kier molecular flexibility index (Phi) is 2.77. The summed E-state index contributed by atoms with van der Waals surface area (Å²) in [6, 6.07) is 1.97. The van der Waals surface area contributed by atoms with Crippen molar-refractivity contribution in [1.82, 2.24) is 15.3 Å². The molecule has 0 bridgehead atoms. The third kappa shape index (κ3) is 2.51. The van der Waals surface area contributed by atoms with E-state index in [0.29, 0.717) is 0 Å². The monoisotopic (exact) mass is 191 g/mol. The van der Waals surface area contributed by atoms with E-state index in [1.807, 2.05) is 19.2 Å². The summed E-state index contributed by atoms with van der Waals surface area (Å²) in [5, 5.41) is 3.43. The number of rotatable bonds is 4. The average molecular weight is 191 g/mol. The molecule has 1 fully saturated rings. The van der Waals surface area contributed by atoms with Crippen molar-refractivity contribution < 1.29 is 0 Å². The molecule has 1 aromatic rings. The fraction of sp³-hybridized carbons (Fsp3) is 0.636. The van der Waals surface area contributed by atoms with E-state index < -0.39 is 0 Å². The number of nitrogens with one attached hydrogen (secondary N) is 1. The van der Waals surface area contributed by atoms with E-state index in [4.69, 9.17) is 0 Å². The SMILES string of the molecule is Cc1nccc(CNCC2CC2C)n1. The van der Waals surface area contributed by atoms with E-state index in [-0.39, 0.29) is 0 Å². The minimum Gasteiger partial charge on any atom is -0.311 e. The van der Waals surface area contributed by atoms with Crippen LogP contribution >= 0.6 is 0 Å². The molecular formula is C11H17N3. The zero-order valence-corrected chi connectivity index (χ0v) is 8.83. The highest BCUT2D eigenvalue weighted by Gasteiger charge is 2.31. The Morgan fingerprint density at radius 3 is 3.00 bits per heavy atom. The van der Waals surface area contributed by atoms with E-state index in [2.05, 4.69) is 22.2 Å². The van der Waals surface area contributed by atoms with Gasteiger partial charge in [-0.15, -0.1) is 0 Å². The van der Waals surface area contributed by atoms with Crippen molar-refractivity contribution in [3.8, 4) is 0 Å². The molecule has 0 spiro atoms. The van der Waals surface area contributed by atoms with Crippen molar-refractivity contribution in [1.29, 1.82) is 0 Å². The van der Waals surface area contributed by atoms with Crippen molar-refractivity contribution in [2.45, 2.75) is 26.8 Å². The highest BCUT2D eigenvalue weighted by molar-refractivity contribution is 5.01. The van der Waals surface area contributed by atoms with Crippen LogP contribution in [0.2, 0.25) is 0 Å². The minimum atomic E-state index is 0.851. The Labute approximate surface area is 85.0 Å². The van der Waals surface area contributed by atoms with Gasteiger partial charge in [-0.3, -0.25) is 0 Å². The molecule has 2 rings (SSSR count). The van der Waals surface area contributed by atoms with Crippen LogP contribution in [0.4, 0.5) is 0 Å². The molecule has 0 saturated heterocycles. The first-order valence-corrected chi connectivity index (χ1v) is 5.25. The van der Waals surface area contributed by atoms with Crippen LogP contribution in [-0.4, -0.2) is 16.5 Å². The minimum absolute atomic E-state index is 0.851. The fourth-order valence-corrected chi connectivity index (χ4v) is 1.67. The van der Waals surface area contributed by atoms with Gasteiger partial charge in [-0.05, 0) is 37.8 Å². The number of hydrogen-bond donors (Lipinski definition) is 1. The topological polar surface area (TPSA) is 37.8 Å². The maximum Gasteiger partial charge on any atom is 0.125 e. The van der Waals surface area contributed by atoms with E-state index in [0.717, 1.165) is 36.4 Å². The molecule has 1 N–H and O–H groups in total. The summed E-state index contributed by atoms with van der Waals surface area (Å²) in [5.41, 5.74) is 1.09. The van der Waals surface area contributed by atoms with Crippen molar-refractivity contribution in [2.75, 3.05) is 6.54 Å². The lowest BCUT2D eigenvalue weighted by atomic mass is 10.3. The number of aromatic nitrogens is 2. The zero-order valence-electron chi connectivity index (χ0n) is 8.83. The Morgan fingerprint density at radius 1 is 1.57 bits per heavy atom. The number of hydrogen-bond acceptors (Lipinski definition) is 3. The van der Waals surface area contributed by atoms with Crippen LogP contribution in [0.25, 0.3) is 0 Å². The Bertz CT molecular complexity index is 311. The van der Waals surface area contributed by atoms with E-state index in [1.165, 1.54) is 6.42 Å². The molecule has 1 saturated carbocycles. The normalized spacial score (nSPS) is 25.0. The smallest absolute Gasteiger partial charge is 0.125 e. The van der Waals surface area contributed by atoms with Crippen LogP contribution in [-0.2, 0) is 6.54 Å². The summed E-state index contributed by atoms with van der Waals surface area (Å²) in [4.78, 5) is 8.40. The van der Waals surface area contributed by atoms with Gasteiger partial charge in [-0.1, -0.05) is 6.92 Å². The third-order valence-corrected chi connectivity index (χ3v) is 2.82. The Balaban J connectivity index is 1.74. The summed E-state index contributed by atoms with van der Waals surface area (Å²) in [6.07, 6.45) is 3.20. The number of nitrogens with zero attached hydrogens (tertiary/aromatic N) is 2. The largest absolute Gasteiger partial charge is 0.311 e. The first-order chi connectivity index (χ1) is 6.75. The second kappa shape index (κ2) is 4.05. The summed E-state index contributed by atoms with van der Waals surface area (Å²) in [6.45, 7) is 6.23. The molecule has 14 heavy (non-hydrogen) atoms. The van der Waals surface area contributed by atoms with Crippen LogP contribution in [0.15, 0.2) is 12.3 Å². The highest BCUT2D eigenvalue weighted by Crippen LogP contribution is 2.36. The van der Waals surface area contributed by atoms with Gasteiger partial charge in [0.2, 0.25) is 0 Å². The van der Waals surface area contributed by atoms with Crippen LogP contribution in [0.3, 0.4) is 0 Å². The van der Waals surface area contributed by atoms with Crippen LogP contribution in [0.5, 0.6) is 0 Å². The maximum absolute atomic E-state index is 4.34. The van der Waals surface area contributed by atoms with Gasteiger partial charge in [0.15, 0.2) is 0 Å². The molecule has 0 radical (unpaired) electrons. The average Bonchev–Trinajstić information content (AvgIpc) is 2.82. The Morgan fingerprint density at radius 2 is 2.36 bits per heavy atom. The molecule has 1 aromatic heterocycles. The molecule has 0 aromatic carbocycles. The zero-order chi connectivity index (χ0) is 9.97. The lowest BCUT2D eigenvalue weighted by Crippen LogP contribution is -2.17. The molecule has 2 unspecified atom stereocenters. The number of aryl methyl sites for hydroxylation is 1. The molecule has 1 aliphatic carbocycles. The molecular weight excluding hydrogens is 174 g/mol. The van der Waals surface area contributed by atoms with Crippen LogP contribution in [0.1, 0.15) is 24.9 Å². The van der Waals surface area contributed by atoms with Gasteiger partial charge in [0.05, 0.1) is 5.69 Å². The van der Waals surface area contributed by atoms with Crippen molar-refractivity contribution in [2.24, 2.45) is 11.8 Å². The molecule has 1 aliphatic rings. The maximum atomic E-state index is 4.34. The third-order valence-electron chi connectivity index (χ3n) is 2.82. The van der Waals surface area contributed by atoms with Crippen molar-refractivity contribution in [3.63, 3.8) is 0 Å². The Hall–Kier alpha value is -0.960. The van der Waals surface area contributed by atoms with Crippen LogP contribution < -0.4 is 5.32 Å². The van der Waals surface area contributed by atoms with Gasteiger partial charge >= 0.3 is 0 Å². The molecule has 0 amide bonds. The van der Waals surface area contributed by atoms with Gasteiger partial charge in [0, 0.05) is 12.7 Å². The van der Waals surface area contributed by atoms with Crippen LogP contribution in [0, 0.1) is 18.8 Å². The quantitative estimate of drug-likeness (QED) is 0.784. The second-order valence-electron chi connectivity index (χ2n) is 4.20.